The Morgan fingerprint density at radius 2 is 2.07 bits per heavy atom. The van der Waals surface area contributed by atoms with E-state index in [1.165, 1.54) is 19.3 Å². The third-order valence-electron chi connectivity index (χ3n) is 3.23. The van der Waals surface area contributed by atoms with Gasteiger partial charge in [0.15, 0.2) is 0 Å². The van der Waals surface area contributed by atoms with Crippen LogP contribution in [-0.4, -0.2) is 39.0 Å². The Balaban J connectivity index is 2.12. The maximum atomic E-state index is 5.53. The van der Waals surface area contributed by atoms with Gasteiger partial charge in [-0.2, -0.15) is 0 Å². The molecule has 3 heteroatoms. The van der Waals surface area contributed by atoms with E-state index in [1.807, 2.05) is 7.11 Å². The van der Waals surface area contributed by atoms with Crippen LogP contribution in [0.1, 0.15) is 32.6 Å². The van der Waals surface area contributed by atoms with E-state index in [9.17, 15) is 0 Å². The molecule has 1 rings (SSSR count). The molecule has 1 saturated carbocycles. The molecule has 14 heavy (non-hydrogen) atoms. The monoisotopic (exact) mass is 201 g/mol. The molecule has 1 unspecified atom stereocenters. The Morgan fingerprint density at radius 1 is 1.36 bits per heavy atom. The van der Waals surface area contributed by atoms with E-state index < -0.39 is 0 Å². The summed E-state index contributed by atoms with van der Waals surface area (Å²) in [6, 6.07) is 0.516. The van der Waals surface area contributed by atoms with Crippen LogP contribution in [0.15, 0.2) is 0 Å². The molecule has 0 aliphatic heterocycles. The van der Waals surface area contributed by atoms with Gasteiger partial charge in [-0.15, -0.1) is 0 Å². The van der Waals surface area contributed by atoms with Gasteiger partial charge in [-0.05, 0) is 32.6 Å². The average Bonchev–Trinajstić information content (AvgIpc) is 2.14. The van der Waals surface area contributed by atoms with Crippen LogP contribution in [0.3, 0.4) is 0 Å². The lowest BCUT2D eigenvalue weighted by atomic mass is 9.80. The Kier molecular flexibility index (Phi) is 4.85. The van der Waals surface area contributed by atoms with Crippen LogP contribution in [0.2, 0.25) is 0 Å². The molecule has 0 bridgehead atoms. The van der Waals surface area contributed by atoms with Crippen LogP contribution in [-0.2, 0) is 9.47 Å². The second-order valence-electron chi connectivity index (χ2n) is 4.30. The first-order valence-corrected chi connectivity index (χ1v) is 5.50. The summed E-state index contributed by atoms with van der Waals surface area (Å²) in [6.45, 7) is 4.00. The molecule has 3 nitrogen and oxygen atoms in total. The number of hydrogen-bond donors (Lipinski definition) is 1. The van der Waals surface area contributed by atoms with Crippen molar-refractivity contribution in [3.8, 4) is 0 Å². The quantitative estimate of drug-likeness (QED) is 0.678. The van der Waals surface area contributed by atoms with Crippen LogP contribution >= 0.6 is 0 Å². The van der Waals surface area contributed by atoms with Crippen molar-refractivity contribution >= 4 is 0 Å². The molecule has 0 spiro atoms. The number of hydrogen-bond acceptors (Lipinski definition) is 3. The van der Waals surface area contributed by atoms with Gasteiger partial charge in [0.1, 0.15) is 0 Å². The standard InChI is InChI=1S/C11H23NO2/c1-10(5-8-13-2)12-9-11(14-3)6-4-7-11/h10,12H,4-9H2,1-3H3. The van der Waals surface area contributed by atoms with Gasteiger partial charge < -0.3 is 14.8 Å². The van der Waals surface area contributed by atoms with Gasteiger partial charge in [-0.1, -0.05) is 0 Å². The summed E-state index contributed by atoms with van der Waals surface area (Å²) < 4.78 is 10.6. The van der Waals surface area contributed by atoms with Gasteiger partial charge in [-0.25, -0.2) is 0 Å². The molecule has 1 N–H and O–H groups in total. The molecule has 1 aliphatic carbocycles. The second-order valence-corrected chi connectivity index (χ2v) is 4.30. The van der Waals surface area contributed by atoms with Crippen molar-refractivity contribution in [3.63, 3.8) is 0 Å². The van der Waals surface area contributed by atoms with Gasteiger partial charge in [0.2, 0.25) is 0 Å². The number of methoxy groups -OCH3 is 2. The summed E-state index contributed by atoms with van der Waals surface area (Å²) in [6.07, 6.45) is 4.78. The van der Waals surface area contributed by atoms with Crippen molar-refractivity contribution in [1.82, 2.24) is 5.32 Å². The van der Waals surface area contributed by atoms with E-state index in [1.54, 1.807) is 7.11 Å². The Hall–Kier alpha value is -0.120. The predicted molar refractivity (Wildman–Crippen MR) is 57.5 cm³/mol. The highest BCUT2D eigenvalue weighted by atomic mass is 16.5. The van der Waals surface area contributed by atoms with Gasteiger partial charge in [0, 0.05) is 33.4 Å². The minimum Gasteiger partial charge on any atom is -0.385 e. The average molecular weight is 201 g/mol. The number of ether oxygens (including phenoxy) is 2. The van der Waals surface area contributed by atoms with Crippen molar-refractivity contribution in [2.75, 3.05) is 27.4 Å². The molecule has 1 atom stereocenters. The Bertz CT molecular complexity index is 152. The molecule has 0 heterocycles. The molecular formula is C11H23NO2. The number of rotatable bonds is 7. The first kappa shape index (κ1) is 12.0. The lowest BCUT2D eigenvalue weighted by Gasteiger charge is -2.41. The molecule has 0 aromatic carbocycles. The summed E-state index contributed by atoms with van der Waals surface area (Å²) in [4.78, 5) is 0. The topological polar surface area (TPSA) is 30.5 Å². The fraction of sp³-hybridized carbons (Fsp3) is 1.00. The van der Waals surface area contributed by atoms with Crippen LogP contribution in [0, 0.1) is 0 Å². The Morgan fingerprint density at radius 3 is 2.50 bits per heavy atom. The molecule has 0 radical (unpaired) electrons. The normalized spacial score (nSPS) is 21.6. The second kappa shape index (κ2) is 5.69. The molecule has 1 fully saturated rings. The summed E-state index contributed by atoms with van der Waals surface area (Å²) >= 11 is 0. The van der Waals surface area contributed by atoms with Crippen molar-refractivity contribution in [3.05, 3.63) is 0 Å². The minimum absolute atomic E-state index is 0.140. The van der Waals surface area contributed by atoms with E-state index in [-0.39, 0.29) is 5.60 Å². The zero-order valence-corrected chi connectivity index (χ0v) is 9.64. The van der Waals surface area contributed by atoms with E-state index in [0.717, 1.165) is 19.6 Å². The SMILES string of the molecule is COCCC(C)NCC1(OC)CCC1. The van der Waals surface area contributed by atoms with Crippen LogP contribution < -0.4 is 5.32 Å². The number of nitrogens with one attached hydrogen (secondary N) is 1. The van der Waals surface area contributed by atoms with E-state index in [0.29, 0.717) is 6.04 Å². The van der Waals surface area contributed by atoms with E-state index >= 15 is 0 Å². The maximum Gasteiger partial charge on any atom is 0.0802 e. The largest absolute Gasteiger partial charge is 0.385 e. The summed E-state index contributed by atoms with van der Waals surface area (Å²) in [5.74, 6) is 0. The summed E-state index contributed by atoms with van der Waals surface area (Å²) in [7, 11) is 3.57. The van der Waals surface area contributed by atoms with Crippen LogP contribution in [0.4, 0.5) is 0 Å². The fourth-order valence-corrected chi connectivity index (χ4v) is 1.78. The smallest absolute Gasteiger partial charge is 0.0802 e. The minimum atomic E-state index is 0.140. The van der Waals surface area contributed by atoms with Gasteiger partial charge in [0.05, 0.1) is 5.60 Å². The summed E-state index contributed by atoms with van der Waals surface area (Å²) in [5, 5.41) is 3.51. The third kappa shape index (κ3) is 3.23. The zero-order chi connectivity index (χ0) is 10.4. The molecule has 1 aliphatic rings. The highest BCUT2D eigenvalue weighted by Gasteiger charge is 2.36. The van der Waals surface area contributed by atoms with Crippen molar-refractivity contribution in [1.29, 1.82) is 0 Å². The fourth-order valence-electron chi connectivity index (χ4n) is 1.78. The zero-order valence-electron chi connectivity index (χ0n) is 9.64. The molecular weight excluding hydrogens is 178 g/mol. The van der Waals surface area contributed by atoms with Gasteiger partial charge in [-0.3, -0.25) is 0 Å². The molecule has 0 aromatic rings. The van der Waals surface area contributed by atoms with Gasteiger partial charge >= 0.3 is 0 Å². The highest BCUT2D eigenvalue weighted by Crippen LogP contribution is 2.34. The van der Waals surface area contributed by atoms with Crippen LogP contribution in [0.5, 0.6) is 0 Å². The lowest BCUT2D eigenvalue weighted by molar-refractivity contribution is -0.0709. The first-order valence-electron chi connectivity index (χ1n) is 5.50. The first-order chi connectivity index (χ1) is 6.72. The third-order valence-corrected chi connectivity index (χ3v) is 3.23. The molecule has 0 amide bonds. The van der Waals surface area contributed by atoms with Crippen molar-refractivity contribution in [2.45, 2.75) is 44.2 Å². The van der Waals surface area contributed by atoms with Crippen LogP contribution in [0.25, 0.3) is 0 Å². The molecule has 84 valence electrons. The molecule has 0 saturated heterocycles. The predicted octanol–water partition coefficient (Wildman–Crippen LogP) is 1.57. The maximum absolute atomic E-state index is 5.53. The van der Waals surface area contributed by atoms with Gasteiger partial charge in [0.25, 0.3) is 0 Å². The highest BCUT2D eigenvalue weighted by molar-refractivity contribution is 4.91. The Labute approximate surface area is 87.2 Å². The van der Waals surface area contributed by atoms with E-state index in [2.05, 4.69) is 12.2 Å². The van der Waals surface area contributed by atoms with Crippen molar-refractivity contribution < 1.29 is 9.47 Å². The van der Waals surface area contributed by atoms with Crippen molar-refractivity contribution in [2.24, 2.45) is 0 Å². The lowest BCUT2D eigenvalue weighted by Crippen LogP contribution is -2.50. The summed E-state index contributed by atoms with van der Waals surface area (Å²) in [5.41, 5.74) is 0.140. The van der Waals surface area contributed by atoms with E-state index in [4.69, 9.17) is 9.47 Å². The molecule has 0 aromatic heterocycles.